The lowest BCUT2D eigenvalue weighted by Gasteiger charge is -2.61. The van der Waals surface area contributed by atoms with Crippen LogP contribution < -0.4 is 0 Å². The normalized spacial score (nSPS) is 50.4. The number of carbonyl (C=O) groups is 1. The van der Waals surface area contributed by atoms with E-state index in [1.54, 1.807) is 0 Å². The summed E-state index contributed by atoms with van der Waals surface area (Å²) in [6.07, 6.45) is 8.72. The van der Waals surface area contributed by atoms with Crippen molar-refractivity contribution in [3.63, 3.8) is 0 Å². The second kappa shape index (κ2) is 7.78. The summed E-state index contributed by atoms with van der Waals surface area (Å²) in [5, 5.41) is 32.2. The first-order valence-corrected chi connectivity index (χ1v) is 11.6. The molecule has 4 rings (SSSR count). The maximum absolute atomic E-state index is 12.6. The summed E-state index contributed by atoms with van der Waals surface area (Å²) < 4.78 is 0. The first kappa shape index (κ1) is 23.0. The molecule has 164 valence electrons. The predicted molar refractivity (Wildman–Crippen MR) is 116 cm³/mol. The Kier molecular flexibility index (Phi) is 6.17. The number of allylic oxidation sites excluding steroid dienone is 4. The van der Waals surface area contributed by atoms with Crippen molar-refractivity contribution in [3.05, 3.63) is 23.8 Å². The molecule has 3 N–H and O–H groups in total. The number of fused-ring (bicyclic) bond motifs is 5. The largest absolute Gasteiger partial charge is 0.393 e. The zero-order chi connectivity index (χ0) is 21.8. The number of hydrogen-bond donors (Lipinski definition) is 3. The number of aliphatic hydroxyl groups excluding tert-OH is 2. The number of aliphatic hydroxyl groups is 3. The minimum atomic E-state index is -1.62. The van der Waals surface area contributed by atoms with Crippen LogP contribution >= 0.6 is 11.6 Å². The van der Waals surface area contributed by atoms with E-state index >= 15 is 0 Å². The van der Waals surface area contributed by atoms with Crippen LogP contribution in [0.4, 0.5) is 0 Å². The molecule has 9 atom stereocenters. The van der Waals surface area contributed by atoms with E-state index in [1.807, 2.05) is 27.7 Å². The lowest BCUT2D eigenvalue weighted by atomic mass is 9.46. The Morgan fingerprint density at radius 1 is 1.31 bits per heavy atom. The average molecular weight is 425 g/mol. The second-order valence-corrected chi connectivity index (χ2v) is 10.3. The molecule has 0 aromatic carbocycles. The van der Waals surface area contributed by atoms with Crippen LogP contribution in [0.15, 0.2) is 23.8 Å². The Hall–Kier alpha value is -0.680. The molecule has 3 saturated carbocycles. The molecule has 0 aromatic rings. The van der Waals surface area contributed by atoms with Crippen LogP contribution in [0.1, 0.15) is 60.3 Å². The molecular weight excluding hydrogens is 388 g/mol. The average Bonchev–Trinajstić information content (AvgIpc) is 2.90. The topological polar surface area (TPSA) is 77.8 Å². The Labute approximate surface area is 180 Å². The third-order valence-corrected chi connectivity index (χ3v) is 9.13. The van der Waals surface area contributed by atoms with Gasteiger partial charge in [-0.25, -0.2) is 0 Å². The van der Waals surface area contributed by atoms with Gasteiger partial charge < -0.3 is 15.3 Å². The maximum atomic E-state index is 12.6. The van der Waals surface area contributed by atoms with Crippen LogP contribution in [0.25, 0.3) is 0 Å². The third-order valence-electron chi connectivity index (χ3n) is 8.69. The summed E-state index contributed by atoms with van der Waals surface area (Å²) in [5.41, 5.74) is -1.31. The smallest absolute Gasteiger partial charge is 0.190 e. The second-order valence-electron chi connectivity index (χ2n) is 9.75. The molecule has 0 aliphatic heterocycles. The monoisotopic (exact) mass is 424 g/mol. The summed E-state index contributed by atoms with van der Waals surface area (Å²) in [5.74, 6) is -0.759. The quantitative estimate of drug-likeness (QED) is 0.464. The molecule has 4 aliphatic rings. The van der Waals surface area contributed by atoms with Crippen molar-refractivity contribution in [3.8, 4) is 0 Å². The number of hydrogen-bond acceptors (Lipinski definition) is 4. The van der Waals surface area contributed by atoms with Gasteiger partial charge in [0.05, 0.1) is 6.10 Å². The Morgan fingerprint density at radius 3 is 2.59 bits per heavy atom. The van der Waals surface area contributed by atoms with E-state index in [2.05, 4.69) is 25.2 Å². The third kappa shape index (κ3) is 2.93. The van der Waals surface area contributed by atoms with Gasteiger partial charge in [0.25, 0.3) is 0 Å². The van der Waals surface area contributed by atoms with Crippen molar-refractivity contribution >= 4 is 17.4 Å². The number of halogens is 1. The molecule has 3 fully saturated rings. The number of alkyl halides is 1. The molecule has 0 heterocycles. The lowest BCUT2D eigenvalue weighted by Crippen LogP contribution is -2.64. The summed E-state index contributed by atoms with van der Waals surface area (Å²) in [4.78, 5) is 12.6. The highest BCUT2D eigenvalue weighted by Crippen LogP contribution is 2.68. The SMILES string of the molecule is CC.C[C@@H]1C[C@H]2[C@H]3[C@H]([C@@H](O)C[C@]2(C)[C@@]1(O)C(=O)CO)[C@@]1(C)C=CCC=C1C[C@H]3Cl. The van der Waals surface area contributed by atoms with Crippen LogP contribution in [0, 0.1) is 34.5 Å². The molecule has 4 nitrogen and oxygen atoms in total. The first-order chi connectivity index (χ1) is 13.6. The van der Waals surface area contributed by atoms with E-state index in [-0.39, 0.29) is 34.5 Å². The fraction of sp³-hybridized carbons (Fsp3) is 0.792. The maximum Gasteiger partial charge on any atom is 0.190 e. The molecule has 4 aliphatic carbocycles. The van der Waals surface area contributed by atoms with E-state index in [9.17, 15) is 20.1 Å². The fourth-order valence-corrected chi connectivity index (χ4v) is 7.93. The summed E-state index contributed by atoms with van der Waals surface area (Å²) in [6.45, 7) is 9.33. The molecule has 0 spiro atoms. The Balaban J connectivity index is 0.00000117. The molecule has 29 heavy (non-hydrogen) atoms. The molecular formula is C24H37ClO4. The number of ketones is 1. The highest BCUT2D eigenvalue weighted by atomic mass is 35.5. The fourth-order valence-electron chi connectivity index (χ4n) is 7.43. The van der Waals surface area contributed by atoms with Gasteiger partial charge in [-0.2, -0.15) is 0 Å². The summed E-state index contributed by atoms with van der Waals surface area (Å²) >= 11 is 6.93. The number of rotatable bonds is 2. The Bertz CT molecular complexity index is 718. The Morgan fingerprint density at radius 2 is 1.97 bits per heavy atom. The number of Topliss-reactive ketones (excluding diaryl/α,β-unsaturated/α-hetero) is 1. The highest BCUT2D eigenvalue weighted by Gasteiger charge is 2.71. The zero-order valence-electron chi connectivity index (χ0n) is 18.4. The number of carbonyl (C=O) groups excluding carboxylic acids is 1. The van der Waals surface area contributed by atoms with Crippen LogP contribution in [0.2, 0.25) is 0 Å². The van der Waals surface area contributed by atoms with Gasteiger partial charge in [-0.05, 0) is 43.4 Å². The van der Waals surface area contributed by atoms with Crippen molar-refractivity contribution < 1.29 is 20.1 Å². The van der Waals surface area contributed by atoms with Crippen LogP contribution in [-0.4, -0.2) is 44.8 Å². The van der Waals surface area contributed by atoms with Crippen molar-refractivity contribution in [2.45, 2.75) is 77.4 Å². The predicted octanol–water partition coefficient (Wildman–Crippen LogP) is 3.87. The molecule has 0 amide bonds. The van der Waals surface area contributed by atoms with Gasteiger partial charge >= 0.3 is 0 Å². The van der Waals surface area contributed by atoms with Gasteiger partial charge in [0.15, 0.2) is 5.78 Å². The zero-order valence-corrected chi connectivity index (χ0v) is 19.1. The molecule has 0 radical (unpaired) electrons. The highest BCUT2D eigenvalue weighted by molar-refractivity contribution is 6.21. The van der Waals surface area contributed by atoms with E-state index in [0.717, 1.165) is 12.8 Å². The van der Waals surface area contributed by atoms with Gasteiger partial charge in [0.1, 0.15) is 12.2 Å². The minimum absolute atomic E-state index is 0.0200. The van der Waals surface area contributed by atoms with Crippen molar-refractivity contribution in [1.29, 1.82) is 0 Å². The van der Waals surface area contributed by atoms with E-state index in [0.29, 0.717) is 12.8 Å². The minimum Gasteiger partial charge on any atom is -0.393 e. The molecule has 0 unspecified atom stereocenters. The summed E-state index contributed by atoms with van der Waals surface area (Å²) in [7, 11) is 0. The van der Waals surface area contributed by atoms with E-state index in [1.165, 1.54) is 5.57 Å². The van der Waals surface area contributed by atoms with E-state index in [4.69, 9.17) is 11.6 Å². The van der Waals surface area contributed by atoms with Gasteiger partial charge in [-0.1, -0.05) is 58.4 Å². The first-order valence-electron chi connectivity index (χ1n) is 11.2. The van der Waals surface area contributed by atoms with Crippen molar-refractivity contribution in [1.82, 2.24) is 0 Å². The van der Waals surface area contributed by atoms with Crippen molar-refractivity contribution in [2.75, 3.05) is 6.61 Å². The summed E-state index contributed by atoms with van der Waals surface area (Å²) in [6, 6.07) is 0. The lowest BCUT2D eigenvalue weighted by molar-refractivity contribution is -0.183. The van der Waals surface area contributed by atoms with Gasteiger partial charge in [0.2, 0.25) is 0 Å². The van der Waals surface area contributed by atoms with Gasteiger partial charge in [-0.3, -0.25) is 4.79 Å². The van der Waals surface area contributed by atoms with Crippen LogP contribution in [-0.2, 0) is 4.79 Å². The van der Waals surface area contributed by atoms with Gasteiger partial charge in [-0.15, -0.1) is 11.6 Å². The van der Waals surface area contributed by atoms with Gasteiger partial charge in [0, 0.05) is 22.1 Å². The van der Waals surface area contributed by atoms with E-state index < -0.39 is 29.5 Å². The molecule has 0 bridgehead atoms. The molecule has 0 saturated heterocycles. The van der Waals surface area contributed by atoms with Crippen LogP contribution in [0.5, 0.6) is 0 Å². The standard InChI is InChI=1S/C22H31ClO4.C2H6/c1-12-8-14-18-15(23)9-13-6-4-5-7-20(13,2)19(18)16(25)10-21(14,3)22(12,27)17(26)11-24;1-2/h5-7,12,14-16,18-19,24-25,27H,4,8-11H2,1-3H3;1-2H3/t12-,14+,15-,16+,18-,19+,20+,21+,22+;/m1./s1. The van der Waals surface area contributed by atoms with Crippen molar-refractivity contribution in [2.24, 2.45) is 34.5 Å². The molecule has 5 heteroatoms. The van der Waals surface area contributed by atoms with Crippen LogP contribution in [0.3, 0.4) is 0 Å². The molecule has 0 aromatic heterocycles.